The Bertz CT molecular complexity index is 1910. The lowest BCUT2D eigenvalue weighted by Gasteiger charge is -2.03. The summed E-state index contributed by atoms with van der Waals surface area (Å²) in [6.45, 7) is 0. The Hall–Kier alpha value is -5.50. The SMILES string of the molecule is O=[N+]([O-])c1cc2ccccc2cc1-c1cc2cc3oc(-c4cc5ccccc5cc4[N+](=O)[O-])cc3cc2o1. The smallest absolute Gasteiger partial charge is 0.280 e. The van der Waals surface area contributed by atoms with E-state index in [1.807, 2.05) is 48.5 Å². The third kappa shape index (κ3) is 3.39. The van der Waals surface area contributed by atoms with Crippen LogP contribution in [-0.4, -0.2) is 9.85 Å². The lowest BCUT2D eigenvalue weighted by atomic mass is 10.0. The molecular formula is C30H16N2O6. The molecule has 8 nitrogen and oxygen atoms in total. The van der Waals surface area contributed by atoms with Gasteiger partial charge < -0.3 is 8.83 Å². The van der Waals surface area contributed by atoms with Gasteiger partial charge in [-0.25, -0.2) is 0 Å². The number of hydrogen-bond donors (Lipinski definition) is 0. The second kappa shape index (κ2) is 8.01. The lowest BCUT2D eigenvalue weighted by Crippen LogP contribution is -1.91. The van der Waals surface area contributed by atoms with Gasteiger partial charge >= 0.3 is 0 Å². The first-order valence-corrected chi connectivity index (χ1v) is 11.8. The highest BCUT2D eigenvalue weighted by molar-refractivity contribution is 6.00. The van der Waals surface area contributed by atoms with E-state index >= 15 is 0 Å². The van der Waals surface area contributed by atoms with Crippen LogP contribution in [0, 0.1) is 20.2 Å². The quantitative estimate of drug-likeness (QED) is 0.177. The Kier molecular flexibility index (Phi) is 4.58. The van der Waals surface area contributed by atoms with Crippen LogP contribution in [0.25, 0.3) is 66.1 Å². The Morgan fingerprint density at radius 3 is 1.21 bits per heavy atom. The maximum atomic E-state index is 11.8. The summed E-state index contributed by atoms with van der Waals surface area (Å²) >= 11 is 0. The molecule has 0 unspecified atom stereocenters. The predicted molar refractivity (Wildman–Crippen MR) is 145 cm³/mol. The third-order valence-electron chi connectivity index (χ3n) is 6.81. The summed E-state index contributed by atoms with van der Waals surface area (Å²) in [5, 5.41) is 28.3. The second-order valence-electron chi connectivity index (χ2n) is 9.10. The molecule has 2 heterocycles. The molecule has 0 saturated carbocycles. The molecule has 0 aliphatic rings. The number of rotatable bonds is 4. The maximum Gasteiger partial charge on any atom is 0.280 e. The van der Waals surface area contributed by atoms with Crippen LogP contribution < -0.4 is 0 Å². The van der Waals surface area contributed by atoms with Crippen molar-refractivity contribution in [1.29, 1.82) is 0 Å². The van der Waals surface area contributed by atoms with Crippen molar-refractivity contribution in [3.05, 3.63) is 117 Å². The summed E-state index contributed by atoms with van der Waals surface area (Å²) in [6, 6.07) is 28.5. The normalized spacial score (nSPS) is 11.6. The van der Waals surface area contributed by atoms with Crippen LogP contribution in [0.2, 0.25) is 0 Å². The highest BCUT2D eigenvalue weighted by atomic mass is 16.6. The molecule has 0 amide bonds. The number of hydrogen-bond acceptors (Lipinski definition) is 6. The van der Waals surface area contributed by atoms with Gasteiger partial charge in [-0.15, -0.1) is 0 Å². The van der Waals surface area contributed by atoms with E-state index < -0.39 is 9.85 Å². The van der Waals surface area contributed by atoms with Crippen molar-refractivity contribution in [2.45, 2.75) is 0 Å². The Morgan fingerprint density at radius 1 is 0.474 bits per heavy atom. The zero-order valence-electron chi connectivity index (χ0n) is 19.6. The Morgan fingerprint density at radius 2 is 0.842 bits per heavy atom. The first kappa shape index (κ1) is 21.8. The van der Waals surface area contributed by atoms with Crippen LogP contribution in [-0.2, 0) is 0 Å². The lowest BCUT2D eigenvalue weighted by molar-refractivity contribution is -0.384. The molecule has 2 aromatic heterocycles. The van der Waals surface area contributed by atoms with Crippen LogP contribution in [0.4, 0.5) is 11.4 Å². The number of fused-ring (bicyclic) bond motifs is 4. The van der Waals surface area contributed by atoms with E-state index in [9.17, 15) is 20.2 Å². The van der Waals surface area contributed by atoms with Crippen molar-refractivity contribution in [2.24, 2.45) is 0 Å². The number of benzene rings is 5. The Balaban J connectivity index is 1.37. The Labute approximate surface area is 213 Å². The summed E-state index contributed by atoms with van der Waals surface area (Å²) < 4.78 is 12.2. The molecule has 0 spiro atoms. The maximum absolute atomic E-state index is 11.8. The van der Waals surface area contributed by atoms with Crippen molar-refractivity contribution in [3.8, 4) is 22.6 Å². The minimum atomic E-state index is -0.413. The van der Waals surface area contributed by atoms with Crippen molar-refractivity contribution in [3.63, 3.8) is 0 Å². The zero-order valence-corrected chi connectivity index (χ0v) is 19.6. The first-order valence-electron chi connectivity index (χ1n) is 11.8. The van der Waals surface area contributed by atoms with E-state index in [4.69, 9.17) is 8.83 Å². The zero-order chi connectivity index (χ0) is 26.0. The molecule has 0 bridgehead atoms. The van der Waals surface area contributed by atoms with Gasteiger partial charge in [-0.1, -0.05) is 48.5 Å². The average molecular weight is 500 g/mol. The molecule has 0 fully saturated rings. The van der Waals surface area contributed by atoms with Crippen LogP contribution in [0.5, 0.6) is 0 Å². The van der Waals surface area contributed by atoms with Gasteiger partial charge in [0.25, 0.3) is 11.4 Å². The van der Waals surface area contributed by atoms with Crippen LogP contribution in [0.3, 0.4) is 0 Å². The van der Waals surface area contributed by atoms with E-state index in [-0.39, 0.29) is 11.4 Å². The monoisotopic (exact) mass is 500 g/mol. The van der Waals surface area contributed by atoms with Gasteiger partial charge in [0.15, 0.2) is 0 Å². The fourth-order valence-corrected chi connectivity index (χ4v) is 4.99. The first-order chi connectivity index (χ1) is 18.4. The summed E-state index contributed by atoms with van der Waals surface area (Å²) in [7, 11) is 0. The highest BCUT2D eigenvalue weighted by Crippen LogP contribution is 2.41. The van der Waals surface area contributed by atoms with Crippen LogP contribution >= 0.6 is 0 Å². The topological polar surface area (TPSA) is 113 Å². The summed E-state index contributed by atoms with van der Waals surface area (Å²) in [4.78, 5) is 22.8. The molecule has 0 atom stereocenters. The van der Waals surface area contributed by atoms with E-state index in [1.165, 1.54) is 0 Å². The molecule has 0 radical (unpaired) electrons. The van der Waals surface area contributed by atoms with Gasteiger partial charge in [-0.05, 0) is 57.9 Å². The van der Waals surface area contributed by atoms with Gasteiger partial charge in [0.05, 0.1) is 21.0 Å². The van der Waals surface area contributed by atoms with Crippen molar-refractivity contribution in [1.82, 2.24) is 0 Å². The highest BCUT2D eigenvalue weighted by Gasteiger charge is 2.23. The molecule has 8 heteroatoms. The molecule has 38 heavy (non-hydrogen) atoms. The average Bonchev–Trinajstić information content (AvgIpc) is 3.53. The van der Waals surface area contributed by atoms with E-state index in [0.29, 0.717) is 44.6 Å². The van der Waals surface area contributed by atoms with E-state index in [0.717, 1.165) is 21.5 Å². The van der Waals surface area contributed by atoms with Gasteiger partial charge in [-0.3, -0.25) is 20.2 Å². The fourth-order valence-electron chi connectivity index (χ4n) is 4.99. The molecule has 0 saturated heterocycles. The minimum absolute atomic E-state index is 0.0441. The van der Waals surface area contributed by atoms with Crippen molar-refractivity contribution < 1.29 is 18.7 Å². The standard InChI is InChI=1S/C30H16N2O6/c33-31(34)25-11-19-7-3-1-5-17(19)9-23(25)29-15-21-13-28-22(14-27(21)37-29)16-30(38-28)24-10-18-6-2-4-8-20(18)12-26(24)32(35)36/h1-16H. The summed E-state index contributed by atoms with van der Waals surface area (Å²) in [6.07, 6.45) is 0. The third-order valence-corrected chi connectivity index (χ3v) is 6.81. The molecule has 7 aromatic rings. The van der Waals surface area contributed by atoms with Gasteiger partial charge in [0.1, 0.15) is 22.7 Å². The van der Waals surface area contributed by atoms with Crippen molar-refractivity contribution in [2.75, 3.05) is 0 Å². The molecule has 7 rings (SSSR count). The summed E-state index contributed by atoms with van der Waals surface area (Å²) in [5.41, 5.74) is 1.73. The summed E-state index contributed by atoms with van der Waals surface area (Å²) in [5.74, 6) is 0.742. The van der Waals surface area contributed by atoms with Crippen molar-refractivity contribution >= 4 is 54.9 Å². The molecule has 0 N–H and O–H groups in total. The molecule has 0 aliphatic carbocycles. The second-order valence-corrected chi connectivity index (χ2v) is 9.10. The number of furan rings is 2. The number of nitro benzene ring substituents is 2. The van der Waals surface area contributed by atoms with Crippen LogP contribution in [0.1, 0.15) is 0 Å². The van der Waals surface area contributed by atoms with E-state index in [2.05, 4.69) is 0 Å². The van der Waals surface area contributed by atoms with Gasteiger partial charge in [0, 0.05) is 22.9 Å². The molecule has 182 valence electrons. The number of nitro groups is 2. The number of nitrogens with zero attached hydrogens (tertiary/aromatic N) is 2. The molecule has 5 aromatic carbocycles. The fraction of sp³-hybridized carbons (Fsp3) is 0. The largest absolute Gasteiger partial charge is 0.456 e. The predicted octanol–water partition coefficient (Wildman–Crippen LogP) is 8.64. The molecular weight excluding hydrogens is 484 g/mol. The van der Waals surface area contributed by atoms with E-state index in [1.54, 1.807) is 48.5 Å². The van der Waals surface area contributed by atoms with Gasteiger partial charge in [0.2, 0.25) is 0 Å². The molecule has 0 aliphatic heterocycles. The van der Waals surface area contributed by atoms with Gasteiger partial charge in [-0.2, -0.15) is 0 Å². The van der Waals surface area contributed by atoms with Crippen LogP contribution in [0.15, 0.2) is 106 Å². The minimum Gasteiger partial charge on any atom is -0.456 e.